The van der Waals surface area contributed by atoms with Crippen LogP contribution in [0.4, 0.5) is 0 Å². The summed E-state index contributed by atoms with van der Waals surface area (Å²) in [5.74, 6) is 6.92. The molecule has 0 amide bonds. The summed E-state index contributed by atoms with van der Waals surface area (Å²) in [5.41, 5.74) is 1.28. The normalized spacial score (nSPS) is 39.7. The van der Waals surface area contributed by atoms with Crippen LogP contribution < -0.4 is 0 Å². The highest BCUT2D eigenvalue weighted by molar-refractivity contribution is 7.69. The molecule has 0 saturated heterocycles. The Morgan fingerprint density at radius 3 is 2.26 bits per heavy atom. The number of likely N-dealkylation sites (N-methyl/N-ethyl adjacent to an activating group) is 1. The van der Waals surface area contributed by atoms with Gasteiger partial charge in [-0.15, -0.1) is 0 Å². The van der Waals surface area contributed by atoms with Gasteiger partial charge in [0.2, 0.25) is 5.52 Å². The van der Waals surface area contributed by atoms with Gasteiger partial charge in [-0.2, -0.15) is 0 Å². The number of fused-ring (bicyclic) bond motifs is 5. The summed E-state index contributed by atoms with van der Waals surface area (Å²) in [6.45, 7) is 13.1. The van der Waals surface area contributed by atoms with Gasteiger partial charge in [0.25, 0.3) is 0 Å². The highest BCUT2D eigenvalue weighted by Gasteiger charge is 2.60. The second-order valence-corrected chi connectivity index (χ2v) is 18.2. The second kappa shape index (κ2) is 12.1. The molecule has 0 heterocycles. The molecule has 0 aliphatic heterocycles. The van der Waals surface area contributed by atoms with Crippen molar-refractivity contribution in [3.8, 4) is 0 Å². The topological polar surface area (TPSA) is 37.3 Å². The zero-order valence-corrected chi connectivity index (χ0v) is 27.4. The Balaban J connectivity index is 1.33. The van der Waals surface area contributed by atoms with Gasteiger partial charge in [0, 0.05) is 0 Å². The van der Waals surface area contributed by atoms with E-state index < -0.39 is 8.15 Å². The van der Waals surface area contributed by atoms with E-state index in [-0.39, 0.29) is 5.52 Å². The van der Waals surface area contributed by atoms with Gasteiger partial charge in [-0.25, -0.2) is 0 Å². The Morgan fingerprint density at radius 1 is 0.868 bits per heavy atom. The average Bonchev–Trinajstić information content (AvgIpc) is 3.19. The summed E-state index contributed by atoms with van der Waals surface area (Å²) < 4.78 is 0.603. The van der Waals surface area contributed by atoms with Crippen LogP contribution in [0.3, 0.4) is 0 Å². The lowest BCUT2D eigenvalue weighted by atomic mass is 9.44. The molecule has 0 spiro atoms. The third kappa shape index (κ3) is 6.41. The number of carbonyl (C=O) groups excluding carboxylic acids is 1. The van der Waals surface area contributed by atoms with Crippen LogP contribution in [0.25, 0.3) is 0 Å². The molecular formula is C34H63NO2P+. The molecule has 1 N–H and O–H groups in total. The molecule has 10 atom stereocenters. The quantitative estimate of drug-likeness (QED) is 0.207. The van der Waals surface area contributed by atoms with E-state index in [4.69, 9.17) is 0 Å². The van der Waals surface area contributed by atoms with Crippen molar-refractivity contribution >= 4 is 13.7 Å². The molecule has 0 aromatic carbocycles. The van der Waals surface area contributed by atoms with Crippen molar-refractivity contribution in [2.75, 3.05) is 33.8 Å². The van der Waals surface area contributed by atoms with Crippen LogP contribution in [-0.2, 0) is 4.79 Å². The van der Waals surface area contributed by atoms with Crippen LogP contribution in [0.15, 0.2) is 0 Å². The summed E-state index contributed by atoms with van der Waals surface area (Å²) in [7, 11) is 4.60. The molecule has 3 nitrogen and oxygen atoms in total. The first-order chi connectivity index (χ1) is 17.8. The van der Waals surface area contributed by atoms with E-state index in [0.29, 0.717) is 39.9 Å². The summed E-state index contributed by atoms with van der Waals surface area (Å²) >= 11 is 0. The number of carbonyl (C=O) groups is 1. The van der Waals surface area contributed by atoms with Gasteiger partial charge in [0.1, 0.15) is 14.7 Å². The van der Waals surface area contributed by atoms with Gasteiger partial charge in [-0.05, 0) is 129 Å². The molecule has 4 aliphatic rings. The summed E-state index contributed by atoms with van der Waals surface area (Å²) in [6, 6.07) is 0. The monoisotopic (exact) mass is 548 g/mol. The third-order valence-corrected chi connectivity index (χ3v) is 14.3. The maximum Gasteiger partial charge on any atom is 0.234 e. The summed E-state index contributed by atoms with van der Waals surface area (Å²) in [5, 5.41) is 0. The molecule has 38 heavy (non-hydrogen) atoms. The van der Waals surface area contributed by atoms with Crippen molar-refractivity contribution in [3.63, 3.8) is 0 Å². The number of hydrogen-bond donors (Lipinski definition) is 1. The van der Waals surface area contributed by atoms with Crippen molar-refractivity contribution in [2.24, 2.45) is 58.2 Å². The predicted octanol–water partition coefficient (Wildman–Crippen LogP) is 8.74. The fraction of sp³-hybridized carbons (Fsp3) is 0.971. The summed E-state index contributed by atoms with van der Waals surface area (Å²) in [4.78, 5) is 23.1. The van der Waals surface area contributed by atoms with Crippen LogP contribution in [0.1, 0.15) is 118 Å². The van der Waals surface area contributed by atoms with Gasteiger partial charge in [-0.3, -0.25) is 4.79 Å². The highest BCUT2D eigenvalue weighted by Crippen LogP contribution is 2.68. The largest absolute Gasteiger partial charge is 0.366 e. The molecule has 2 unspecified atom stereocenters. The smallest absolute Gasteiger partial charge is 0.234 e. The van der Waals surface area contributed by atoms with Crippen molar-refractivity contribution in [1.82, 2.24) is 0 Å². The van der Waals surface area contributed by atoms with Crippen LogP contribution >= 0.6 is 8.15 Å². The van der Waals surface area contributed by atoms with Crippen molar-refractivity contribution in [1.29, 1.82) is 0 Å². The third-order valence-electron chi connectivity index (χ3n) is 12.9. The standard InChI is InChI=1S/C34H63NO2P/c1-24(2)26(19-22-38(37)32(36)23-35(6,7)8)13-12-25(3)29-16-17-30-28-15-14-27-11-9-10-20-33(27,4)31(28)18-21-34(29,30)5/h24-31,37H,9-23H2,1-8H3/q+1/t25-,26+,27?,28+,29-,30+,31+,33+,34-,38?/m1/s1. The number of hydrogen-bond acceptors (Lipinski definition) is 2. The van der Waals surface area contributed by atoms with Gasteiger partial charge in [0.15, 0.2) is 0 Å². The Bertz CT molecular complexity index is 807. The molecule has 4 aliphatic carbocycles. The van der Waals surface area contributed by atoms with E-state index in [2.05, 4.69) is 34.6 Å². The van der Waals surface area contributed by atoms with Crippen LogP contribution in [0.5, 0.6) is 0 Å². The first kappa shape index (κ1) is 31.0. The Morgan fingerprint density at radius 2 is 1.58 bits per heavy atom. The number of nitrogens with zero attached hydrogens (tertiary/aromatic N) is 1. The fourth-order valence-corrected chi connectivity index (χ4v) is 12.1. The van der Waals surface area contributed by atoms with Crippen molar-refractivity contribution in [3.05, 3.63) is 0 Å². The number of quaternary nitrogens is 1. The van der Waals surface area contributed by atoms with Crippen LogP contribution in [0.2, 0.25) is 0 Å². The average molecular weight is 549 g/mol. The van der Waals surface area contributed by atoms with Gasteiger partial charge >= 0.3 is 0 Å². The lowest BCUT2D eigenvalue weighted by molar-refractivity contribution is -0.861. The first-order valence-corrected chi connectivity index (χ1v) is 18.0. The van der Waals surface area contributed by atoms with E-state index in [1.54, 1.807) is 0 Å². The molecule has 220 valence electrons. The molecular weight excluding hydrogens is 485 g/mol. The minimum absolute atomic E-state index is 0.0695. The molecule has 0 bridgehead atoms. The second-order valence-electron chi connectivity index (χ2n) is 16.4. The van der Waals surface area contributed by atoms with Gasteiger partial charge in [-0.1, -0.05) is 53.9 Å². The van der Waals surface area contributed by atoms with Gasteiger partial charge < -0.3 is 9.38 Å². The van der Waals surface area contributed by atoms with Gasteiger partial charge in [0.05, 0.1) is 21.1 Å². The molecule has 0 radical (unpaired) electrons. The zero-order valence-electron chi connectivity index (χ0n) is 26.5. The fourth-order valence-electron chi connectivity index (χ4n) is 10.7. The lowest BCUT2D eigenvalue weighted by Gasteiger charge is -2.61. The highest BCUT2D eigenvalue weighted by atomic mass is 31.1. The minimum atomic E-state index is -1.49. The van der Waals surface area contributed by atoms with E-state index >= 15 is 0 Å². The molecule has 4 rings (SSSR count). The van der Waals surface area contributed by atoms with E-state index in [1.807, 2.05) is 21.1 Å². The first-order valence-electron chi connectivity index (χ1n) is 16.6. The van der Waals surface area contributed by atoms with Crippen LogP contribution in [-0.4, -0.2) is 48.8 Å². The molecule has 0 aromatic rings. The van der Waals surface area contributed by atoms with Crippen molar-refractivity contribution < 1.29 is 14.2 Å². The maximum absolute atomic E-state index is 12.5. The lowest BCUT2D eigenvalue weighted by Crippen LogP contribution is -2.53. The predicted molar refractivity (Wildman–Crippen MR) is 163 cm³/mol. The SMILES string of the molecule is CC(C)[C@@H](CC[C@@H](C)[C@H]1CC[C@H]2[C@@H]3CCC4CCCC[C@]4(C)[C@H]3CC[C@]12C)CCP(O)C(=O)C[N+](C)(C)C. The molecule has 4 fully saturated rings. The Kier molecular flexibility index (Phi) is 9.86. The number of rotatable bonds is 11. The van der Waals surface area contributed by atoms with Crippen molar-refractivity contribution in [2.45, 2.75) is 118 Å². The van der Waals surface area contributed by atoms with E-state index in [1.165, 1.54) is 77.0 Å². The molecule has 0 aromatic heterocycles. The zero-order chi connectivity index (χ0) is 27.9. The molecule has 4 heteroatoms. The Hall–Kier alpha value is 0.0200. The Labute approximate surface area is 237 Å². The van der Waals surface area contributed by atoms with E-state index in [9.17, 15) is 9.69 Å². The maximum atomic E-state index is 12.5. The molecule has 4 saturated carbocycles. The minimum Gasteiger partial charge on any atom is -0.366 e. The van der Waals surface area contributed by atoms with Crippen LogP contribution in [0, 0.1) is 58.2 Å². The summed E-state index contributed by atoms with van der Waals surface area (Å²) in [6.07, 6.45) is 19.2. The van der Waals surface area contributed by atoms with E-state index in [0.717, 1.165) is 41.9 Å².